The monoisotopic (exact) mass is 509 g/mol. The highest BCUT2D eigenvalue weighted by atomic mass is 19.4. The number of nitrogens with zero attached hydrogens (tertiary/aromatic N) is 1. The summed E-state index contributed by atoms with van der Waals surface area (Å²) in [4.78, 5) is 55.2. The Hall–Kier alpha value is -4.18. The van der Waals surface area contributed by atoms with Gasteiger partial charge in [0, 0.05) is 11.1 Å². The molecule has 2 saturated heterocycles. The lowest BCUT2D eigenvalue weighted by atomic mass is 9.77. The van der Waals surface area contributed by atoms with Gasteiger partial charge in [0.1, 0.15) is 5.82 Å². The largest absolute Gasteiger partial charge is 0.418 e. The van der Waals surface area contributed by atoms with Gasteiger partial charge in [-0.05, 0) is 29.8 Å². The van der Waals surface area contributed by atoms with Crippen LogP contribution in [0, 0.1) is 17.7 Å². The number of amides is 2. The maximum absolute atomic E-state index is 14.1. The molecule has 186 valence electrons. The van der Waals surface area contributed by atoms with Crippen LogP contribution < -0.4 is 4.90 Å². The number of benzene rings is 3. The Labute approximate surface area is 206 Å². The zero-order chi connectivity index (χ0) is 26.3. The van der Waals surface area contributed by atoms with Gasteiger partial charge in [-0.15, -0.1) is 0 Å². The number of halogens is 4. The summed E-state index contributed by atoms with van der Waals surface area (Å²) in [6.45, 7) is 0. The topological polar surface area (TPSA) is 80.8 Å². The molecule has 6 nitrogen and oxygen atoms in total. The van der Waals surface area contributed by atoms with Crippen LogP contribution in [-0.2, 0) is 20.5 Å². The molecule has 3 aromatic carbocycles. The Bertz CT molecular complexity index is 1500. The molecule has 3 aliphatic rings. The number of alkyl halides is 3. The molecule has 37 heavy (non-hydrogen) atoms. The van der Waals surface area contributed by atoms with Gasteiger partial charge >= 0.3 is 6.18 Å². The van der Waals surface area contributed by atoms with Crippen LogP contribution in [-0.4, -0.2) is 29.0 Å². The predicted molar refractivity (Wildman–Crippen MR) is 119 cm³/mol. The summed E-state index contributed by atoms with van der Waals surface area (Å²) in [6, 6.07) is 14.7. The Morgan fingerprint density at radius 1 is 0.784 bits per heavy atom. The molecule has 0 N–H and O–H groups in total. The van der Waals surface area contributed by atoms with Crippen LogP contribution >= 0.6 is 0 Å². The number of Topliss-reactive ketones (excluding diaryl/α,β-unsaturated/α-hetero) is 2. The first kappa shape index (κ1) is 23.2. The molecule has 1 spiro atoms. The van der Waals surface area contributed by atoms with E-state index in [-0.39, 0.29) is 16.7 Å². The van der Waals surface area contributed by atoms with Crippen LogP contribution in [0.5, 0.6) is 0 Å². The highest BCUT2D eigenvalue weighted by Gasteiger charge is 2.75. The third-order valence-electron chi connectivity index (χ3n) is 7.15. The lowest BCUT2D eigenvalue weighted by Gasteiger charge is -2.28. The van der Waals surface area contributed by atoms with Crippen LogP contribution in [0.3, 0.4) is 0 Å². The van der Waals surface area contributed by atoms with Crippen molar-refractivity contribution in [2.45, 2.75) is 17.9 Å². The molecular weight excluding hydrogens is 494 g/mol. The number of anilines is 1. The number of ether oxygens (including phenoxy) is 1. The average Bonchev–Trinajstić information content (AvgIpc) is 3.43. The lowest BCUT2D eigenvalue weighted by Crippen LogP contribution is -2.51. The second-order valence-corrected chi connectivity index (χ2v) is 9.06. The van der Waals surface area contributed by atoms with Gasteiger partial charge in [-0.3, -0.25) is 19.2 Å². The van der Waals surface area contributed by atoms with E-state index in [1.165, 1.54) is 42.5 Å². The smallest absolute Gasteiger partial charge is 0.349 e. The molecule has 0 bridgehead atoms. The van der Waals surface area contributed by atoms with Crippen molar-refractivity contribution in [3.63, 3.8) is 0 Å². The molecule has 2 aliphatic heterocycles. The van der Waals surface area contributed by atoms with E-state index < -0.39 is 70.2 Å². The van der Waals surface area contributed by atoms with Gasteiger partial charge in [-0.2, -0.15) is 13.2 Å². The number of imide groups is 1. The van der Waals surface area contributed by atoms with Crippen LogP contribution in [0.4, 0.5) is 23.2 Å². The van der Waals surface area contributed by atoms with Crippen molar-refractivity contribution >= 4 is 29.1 Å². The predicted octanol–water partition coefficient (Wildman–Crippen LogP) is 4.54. The molecular formula is C27H15F4NO5. The SMILES string of the molecule is O=C1[C@@H]2[C@@H](c3cccc(F)c3)OC3(C(=O)c4ccccc4C3=O)[C@@H]2C(=O)N1c1ccccc1C(F)(F)F. The summed E-state index contributed by atoms with van der Waals surface area (Å²) in [6.07, 6.45) is -6.34. The fourth-order valence-corrected chi connectivity index (χ4v) is 5.65. The Morgan fingerprint density at radius 3 is 2.03 bits per heavy atom. The summed E-state index contributed by atoms with van der Waals surface area (Å²) in [7, 11) is 0. The van der Waals surface area contributed by atoms with E-state index in [9.17, 15) is 36.7 Å². The number of ketones is 2. The van der Waals surface area contributed by atoms with Crippen LogP contribution in [0.25, 0.3) is 0 Å². The van der Waals surface area contributed by atoms with E-state index in [1.807, 2.05) is 0 Å². The molecule has 0 saturated carbocycles. The highest BCUT2D eigenvalue weighted by Crippen LogP contribution is 2.58. The third kappa shape index (κ3) is 3.02. The number of rotatable bonds is 2. The molecule has 0 radical (unpaired) electrons. The zero-order valence-corrected chi connectivity index (χ0v) is 18.7. The summed E-state index contributed by atoms with van der Waals surface area (Å²) in [5.74, 6) is -7.97. The van der Waals surface area contributed by atoms with Gasteiger partial charge in [0.15, 0.2) is 0 Å². The van der Waals surface area contributed by atoms with E-state index in [0.717, 1.165) is 30.3 Å². The van der Waals surface area contributed by atoms with Crippen molar-refractivity contribution in [2.24, 2.45) is 11.8 Å². The van der Waals surface area contributed by atoms with E-state index in [1.54, 1.807) is 0 Å². The zero-order valence-electron chi connectivity index (χ0n) is 18.7. The summed E-state index contributed by atoms with van der Waals surface area (Å²) >= 11 is 0. The minimum atomic E-state index is -4.90. The van der Waals surface area contributed by atoms with Crippen LogP contribution in [0.1, 0.15) is 37.9 Å². The van der Waals surface area contributed by atoms with Gasteiger partial charge in [0.05, 0.1) is 29.2 Å². The number of fused-ring (bicyclic) bond motifs is 3. The van der Waals surface area contributed by atoms with Gasteiger partial charge < -0.3 is 4.74 Å². The van der Waals surface area contributed by atoms with Crippen molar-refractivity contribution in [3.05, 3.63) is 101 Å². The van der Waals surface area contributed by atoms with Gasteiger partial charge in [0.25, 0.3) is 0 Å². The minimum Gasteiger partial charge on any atom is -0.349 e. The Balaban J connectivity index is 1.57. The lowest BCUT2D eigenvalue weighted by molar-refractivity contribution is -0.137. The molecule has 2 heterocycles. The van der Waals surface area contributed by atoms with Crippen LogP contribution in [0.2, 0.25) is 0 Å². The highest BCUT2D eigenvalue weighted by molar-refractivity contribution is 6.37. The fraction of sp³-hybridized carbons (Fsp3) is 0.185. The Kier molecular flexibility index (Phi) is 4.81. The summed E-state index contributed by atoms with van der Waals surface area (Å²) < 4.78 is 61.5. The number of carbonyl (C=O) groups excluding carboxylic acids is 4. The van der Waals surface area contributed by atoms with Crippen molar-refractivity contribution in [1.29, 1.82) is 0 Å². The number of para-hydroxylation sites is 1. The third-order valence-corrected chi connectivity index (χ3v) is 7.15. The van der Waals surface area contributed by atoms with E-state index in [2.05, 4.69) is 0 Å². The minimum absolute atomic E-state index is 0.0273. The molecule has 3 atom stereocenters. The molecule has 10 heteroatoms. The quantitative estimate of drug-likeness (QED) is 0.288. The van der Waals surface area contributed by atoms with E-state index in [4.69, 9.17) is 4.74 Å². The fourth-order valence-electron chi connectivity index (χ4n) is 5.65. The number of hydrogen-bond acceptors (Lipinski definition) is 5. The van der Waals surface area contributed by atoms with E-state index >= 15 is 0 Å². The van der Waals surface area contributed by atoms with Crippen molar-refractivity contribution in [1.82, 2.24) is 0 Å². The molecule has 3 aromatic rings. The van der Waals surface area contributed by atoms with Crippen LogP contribution in [0.15, 0.2) is 72.8 Å². The first-order valence-corrected chi connectivity index (χ1v) is 11.2. The van der Waals surface area contributed by atoms with Gasteiger partial charge in [0.2, 0.25) is 29.0 Å². The molecule has 0 unspecified atom stereocenters. The molecule has 0 aromatic heterocycles. The van der Waals surface area contributed by atoms with Crippen molar-refractivity contribution in [2.75, 3.05) is 4.90 Å². The molecule has 6 rings (SSSR count). The molecule has 2 fully saturated rings. The summed E-state index contributed by atoms with van der Waals surface area (Å²) in [5.41, 5.74) is -4.42. The molecule has 2 amide bonds. The normalized spacial score (nSPS) is 24.2. The van der Waals surface area contributed by atoms with Gasteiger partial charge in [-0.1, -0.05) is 48.5 Å². The van der Waals surface area contributed by atoms with Gasteiger partial charge in [-0.25, -0.2) is 9.29 Å². The van der Waals surface area contributed by atoms with E-state index in [0.29, 0.717) is 4.90 Å². The maximum atomic E-state index is 14.1. The second kappa shape index (κ2) is 7.66. The average molecular weight is 509 g/mol. The standard InChI is InChI=1S/C27H15F4NO5/c28-14-7-5-6-13(12-14)21-19-20(26(37-21)22(33)15-8-1-2-9-16(15)23(26)34)25(36)32(24(19)35)18-11-4-3-10-17(18)27(29,30)31/h1-12,19-21H/t19-,20-,21+/m0/s1. The van der Waals surface area contributed by atoms with Crippen molar-refractivity contribution in [3.8, 4) is 0 Å². The first-order valence-electron chi connectivity index (χ1n) is 11.2. The number of carbonyl (C=O) groups is 4. The summed E-state index contributed by atoms with van der Waals surface area (Å²) in [5, 5.41) is 0. The number of hydrogen-bond donors (Lipinski definition) is 0. The maximum Gasteiger partial charge on any atom is 0.418 e. The second-order valence-electron chi connectivity index (χ2n) is 9.06. The Morgan fingerprint density at radius 2 is 1.41 bits per heavy atom. The first-order chi connectivity index (χ1) is 17.6. The van der Waals surface area contributed by atoms with Crippen molar-refractivity contribution < 1.29 is 41.5 Å². The molecule has 1 aliphatic carbocycles.